The molecule has 2 aromatic rings. The maximum Gasteiger partial charge on any atom is 0.407 e. The number of nitrogens with one attached hydrogen (secondary N) is 3. The van der Waals surface area contributed by atoms with Gasteiger partial charge < -0.3 is 15.4 Å². The van der Waals surface area contributed by atoms with E-state index in [1.165, 1.54) is 0 Å². The van der Waals surface area contributed by atoms with Crippen molar-refractivity contribution in [2.45, 2.75) is 56.6 Å². The molecule has 2 aliphatic carbocycles. The maximum atomic E-state index is 11.9. The van der Waals surface area contributed by atoms with Crippen molar-refractivity contribution in [2.24, 2.45) is 0 Å². The molecule has 1 amide bonds. The van der Waals surface area contributed by atoms with Crippen LogP contribution in [0.1, 0.15) is 50.6 Å². The Balaban J connectivity index is 1.30. The van der Waals surface area contributed by atoms with Gasteiger partial charge in [-0.3, -0.25) is 10.1 Å². The minimum atomic E-state index is -0.291. The molecule has 3 N–H and O–H groups in total. The summed E-state index contributed by atoms with van der Waals surface area (Å²) in [4.78, 5) is 20.1. The first-order chi connectivity index (χ1) is 12.1. The van der Waals surface area contributed by atoms with E-state index in [4.69, 9.17) is 4.74 Å². The van der Waals surface area contributed by atoms with Gasteiger partial charge in [0, 0.05) is 35.6 Å². The number of amides is 1. The molecule has 0 aliphatic heterocycles. The fraction of sp³-hybridized carbons (Fsp3) is 0.529. The first-order valence-electron chi connectivity index (χ1n) is 8.67. The Morgan fingerprint density at radius 1 is 1.32 bits per heavy atom. The topological polar surface area (TPSA) is 105 Å². The van der Waals surface area contributed by atoms with Crippen molar-refractivity contribution in [1.29, 1.82) is 0 Å². The van der Waals surface area contributed by atoms with Crippen molar-refractivity contribution >= 4 is 17.7 Å². The standard InChI is InChI=1S/C17H22N6O2/c1-17(4-5-17)21-16(24)25-12-3-2-11(8-12)13-9-14(23-22-13)20-15-10-18-6-7-19-15/h6-7,9-12H,2-5,8H2,1H3,(H,21,24)(H2,19,20,22,23)/t11-,12+/m0/s1. The number of carbonyl (C=O) groups is 1. The number of anilines is 2. The van der Waals surface area contributed by atoms with Gasteiger partial charge in [-0.25, -0.2) is 9.78 Å². The highest BCUT2D eigenvalue weighted by atomic mass is 16.6. The lowest BCUT2D eigenvalue weighted by molar-refractivity contribution is 0.0967. The van der Waals surface area contributed by atoms with Crippen molar-refractivity contribution in [2.75, 3.05) is 5.32 Å². The van der Waals surface area contributed by atoms with Gasteiger partial charge in [-0.15, -0.1) is 0 Å². The molecule has 2 aromatic heterocycles. The summed E-state index contributed by atoms with van der Waals surface area (Å²) in [5.41, 5.74) is 1.01. The van der Waals surface area contributed by atoms with Crippen molar-refractivity contribution in [1.82, 2.24) is 25.5 Å². The number of aromatic amines is 1. The predicted octanol–water partition coefficient (Wildman–Crippen LogP) is 2.86. The molecular formula is C17H22N6O2. The Labute approximate surface area is 145 Å². The highest BCUT2D eigenvalue weighted by molar-refractivity contribution is 5.69. The molecule has 0 radical (unpaired) electrons. The smallest absolute Gasteiger partial charge is 0.407 e. The molecular weight excluding hydrogens is 320 g/mol. The molecule has 132 valence electrons. The molecule has 0 saturated heterocycles. The van der Waals surface area contributed by atoms with E-state index in [1.807, 2.05) is 13.0 Å². The van der Waals surface area contributed by atoms with E-state index >= 15 is 0 Å². The van der Waals surface area contributed by atoms with Gasteiger partial charge in [-0.2, -0.15) is 5.10 Å². The summed E-state index contributed by atoms with van der Waals surface area (Å²) in [5, 5.41) is 13.4. The lowest BCUT2D eigenvalue weighted by Crippen LogP contribution is -2.36. The highest BCUT2D eigenvalue weighted by Crippen LogP contribution is 2.37. The molecule has 2 heterocycles. The number of H-pyrrole nitrogens is 1. The van der Waals surface area contributed by atoms with Gasteiger partial charge in [0.15, 0.2) is 5.82 Å². The number of aromatic nitrogens is 4. The molecule has 0 aromatic carbocycles. The highest BCUT2D eigenvalue weighted by Gasteiger charge is 2.40. The quantitative estimate of drug-likeness (QED) is 0.772. The lowest BCUT2D eigenvalue weighted by atomic mass is 10.0. The number of carbonyl (C=O) groups excluding carboxylic acids is 1. The van der Waals surface area contributed by atoms with Gasteiger partial charge in [0.2, 0.25) is 0 Å². The number of ether oxygens (including phenoxy) is 1. The van der Waals surface area contributed by atoms with Crippen molar-refractivity contribution in [3.63, 3.8) is 0 Å². The Hall–Kier alpha value is -2.64. The summed E-state index contributed by atoms with van der Waals surface area (Å²) >= 11 is 0. The molecule has 4 rings (SSSR count). The van der Waals surface area contributed by atoms with Gasteiger partial charge in [0.25, 0.3) is 0 Å². The molecule has 2 atom stereocenters. The Kier molecular flexibility index (Phi) is 4.03. The third-order valence-corrected chi connectivity index (χ3v) is 4.92. The number of rotatable bonds is 5. The Morgan fingerprint density at radius 3 is 2.96 bits per heavy atom. The van der Waals surface area contributed by atoms with Gasteiger partial charge >= 0.3 is 6.09 Å². The van der Waals surface area contributed by atoms with Crippen LogP contribution >= 0.6 is 0 Å². The fourth-order valence-electron chi connectivity index (χ4n) is 3.17. The monoisotopic (exact) mass is 342 g/mol. The molecule has 8 heteroatoms. The summed E-state index contributed by atoms with van der Waals surface area (Å²) in [7, 11) is 0. The van der Waals surface area contributed by atoms with Crippen LogP contribution in [0.2, 0.25) is 0 Å². The Bertz CT molecular complexity index is 743. The summed E-state index contributed by atoms with van der Waals surface area (Å²) in [6, 6.07) is 1.98. The van der Waals surface area contributed by atoms with Crippen LogP contribution in [-0.4, -0.2) is 37.9 Å². The van der Waals surface area contributed by atoms with Crippen LogP contribution in [0.15, 0.2) is 24.7 Å². The predicted molar refractivity (Wildman–Crippen MR) is 91.5 cm³/mol. The second-order valence-electron chi connectivity index (χ2n) is 7.15. The lowest BCUT2D eigenvalue weighted by Gasteiger charge is -2.16. The minimum Gasteiger partial charge on any atom is -0.446 e. The van der Waals surface area contributed by atoms with Gasteiger partial charge in [0.05, 0.1) is 6.20 Å². The molecule has 0 spiro atoms. The zero-order valence-corrected chi connectivity index (χ0v) is 14.2. The number of nitrogens with zero attached hydrogens (tertiary/aromatic N) is 3. The molecule has 25 heavy (non-hydrogen) atoms. The molecule has 8 nitrogen and oxygen atoms in total. The van der Waals surface area contributed by atoms with E-state index in [1.54, 1.807) is 18.6 Å². The van der Waals surface area contributed by atoms with E-state index in [2.05, 4.69) is 30.8 Å². The van der Waals surface area contributed by atoms with E-state index in [0.717, 1.165) is 37.8 Å². The van der Waals surface area contributed by atoms with Crippen LogP contribution in [0.4, 0.5) is 16.4 Å². The van der Waals surface area contributed by atoms with E-state index in [9.17, 15) is 4.79 Å². The second-order valence-corrected chi connectivity index (χ2v) is 7.15. The molecule has 0 unspecified atom stereocenters. The van der Waals surface area contributed by atoms with Gasteiger partial charge in [-0.05, 0) is 39.0 Å². The van der Waals surface area contributed by atoms with Crippen molar-refractivity contribution in [3.05, 3.63) is 30.4 Å². The SMILES string of the molecule is CC1(NC(=O)O[C@@H]2CC[C@H](c3cc(Nc4cnccn4)n[nH]3)C2)CC1. The minimum absolute atomic E-state index is 0.0351. The largest absolute Gasteiger partial charge is 0.446 e. The third-order valence-electron chi connectivity index (χ3n) is 4.92. The van der Waals surface area contributed by atoms with E-state index < -0.39 is 0 Å². The molecule has 0 bridgehead atoms. The van der Waals surface area contributed by atoms with Crippen molar-refractivity contribution < 1.29 is 9.53 Å². The van der Waals surface area contributed by atoms with Gasteiger partial charge in [0.1, 0.15) is 11.9 Å². The third kappa shape index (κ3) is 3.89. The fourth-order valence-corrected chi connectivity index (χ4v) is 3.17. The molecule has 2 saturated carbocycles. The average molecular weight is 342 g/mol. The van der Waals surface area contributed by atoms with E-state index in [-0.39, 0.29) is 17.7 Å². The summed E-state index contributed by atoms with van der Waals surface area (Å²) in [5.74, 6) is 1.68. The zero-order valence-electron chi connectivity index (χ0n) is 14.2. The number of hydrogen-bond acceptors (Lipinski definition) is 6. The van der Waals surface area contributed by atoms with E-state index in [0.29, 0.717) is 17.6 Å². The van der Waals surface area contributed by atoms with Crippen LogP contribution in [-0.2, 0) is 4.74 Å². The van der Waals surface area contributed by atoms with Crippen LogP contribution in [0.5, 0.6) is 0 Å². The van der Waals surface area contributed by atoms with Gasteiger partial charge in [-0.1, -0.05) is 0 Å². The summed E-state index contributed by atoms with van der Waals surface area (Å²) in [6.45, 7) is 2.04. The number of hydrogen-bond donors (Lipinski definition) is 3. The zero-order chi connectivity index (χ0) is 17.3. The van der Waals surface area contributed by atoms with Crippen LogP contribution in [0.25, 0.3) is 0 Å². The maximum absolute atomic E-state index is 11.9. The second kappa shape index (κ2) is 6.34. The van der Waals surface area contributed by atoms with Crippen LogP contribution in [0.3, 0.4) is 0 Å². The normalized spacial score (nSPS) is 23.9. The number of alkyl carbamates (subject to hydrolysis) is 1. The van der Waals surface area contributed by atoms with Crippen LogP contribution < -0.4 is 10.6 Å². The molecule has 2 fully saturated rings. The first kappa shape index (κ1) is 15.9. The van der Waals surface area contributed by atoms with Crippen molar-refractivity contribution in [3.8, 4) is 0 Å². The Morgan fingerprint density at radius 2 is 2.20 bits per heavy atom. The summed E-state index contributed by atoms with van der Waals surface area (Å²) in [6.07, 6.45) is 9.30. The first-order valence-corrected chi connectivity index (χ1v) is 8.67. The van der Waals surface area contributed by atoms with Crippen LogP contribution in [0, 0.1) is 0 Å². The summed E-state index contributed by atoms with van der Waals surface area (Å²) < 4.78 is 5.56. The average Bonchev–Trinajstić information content (AvgIpc) is 3.00. The molecule has 2 aliphatic rings.